The second kappa shape index (κ2) is 6.68. The van der Waals surface area contributed by atoms with Crippen molar-refractivity contribution in [3.63, 3.8) is 0 Å². The molecule has 19 heavy (non-hydrogen) atoms. The first-order chi connectivity index (χ1) is 9.13. The van der Waals surface area contributed by atoms with Gasteiger partial charge in [0.05, 0.1) is 6.04 Å². The number of rotatable bonds is 5. The molecule has 5 heteroatoms. The molecule has 0 saturated heterocycles. The largest absolute Gasteiger partial charge is 0.452 e. The van der Waals surface area contributed by atoms with Crippen LogP contribution in [0.5, 0.6) is 0 Å². The molecular formula is C14H14Br2FNO. The molecule has 0 aliphatic heterocycles. The second-order valence-electron chi connectivity index (χ2n) is 4.16. The van der Waals surface area contributed by atoms with Gasteiger partial charge >= 0.3 is 0 Å². The zero-order valence-electron chi connectivity index (χ0n) is 10.4. The molecule has 0 amide bonds. The molecule has 1 aromatic heterocycles. The van der Waals surface area contributed by atoms with E-state index in [-0.39, 0.29) is 11.9 Å². The van der Waals surface area contributed by atoms with Crippen LogP contribution in [0.4, 0.5) is 4.39 Å². The monoisotopic (exact) mass is 389 g/mol. The van der Waals surface area contributed by atoms with Gasteiger partial charge in [-0.15, -0.1) is 0 Å². The van der Waals surface area contributed by atoms with Crippen LogP contribution in [0.25, 0.3) is 0 Å². The summed E-state index contributed by atoms with van der Waals surface area (Å²) in [6, 6.07) is 8.32. The molecule has 102 valence electrons. The van der Waals surface area contributed by atoms with E-state index in [2.05, 4.69) is 44.1 Å². The van der Waals surface area contributed by atoms with Crippen molar-refractivity contribution in [2.75, 3.05) is 6.54 Å². The molecule has 2 aromatic rings. The van der Waals surface area contributed by atoms with Gasteiger partial charge in [0.15, 0.2) is 4.67 Å². The summed E-state index contributed by atoms with van der Waals surface area (Å²) < 4.78 is 21.0. The molecule has 2 rings (SSSR count). The predicted molar refractivity (Wildman–Crippen MR) is 80.6 cm³/mol. The Labute approximate surface area is 128 Å². The predicted octanol–water partition coefficient (Wildman–Crippen LogP) is 5.03. The lowest BCUT2D eigenvalue weighted by Crippen LogP contribution is -2.24. The van der Waals surface area contributed by atoms with Crippen LogP contribution in [0.2, 0.25) is 0 Å². The van der Waals surface area contributed by atoms with E-state index in [0.29, 0.717) is 16.0 Å². The van der Waals surface area contributed by atoms with Crippen LogP contribution >= 0.6 is 31.9 Å². The summed E-state index contributed by atoms with van der Waals surface area (Å²) in [6.45, 7) is 2.85. The molecule has 0 bridgehead atoms. The average Bonchev–Trinajstić information content (AvgIpc) is 2.79. The van der Waals surface area contributed by atoms with Gasteiger partial charge in [-0.2, -0.15) is 0 Å². The fraction of sp³-hybridized carbons (Fsp3) is 0.286. The van der Waals surface area contributed by atoms with Gasteiger partial charge in [-0.3, -0.25) is 0 Å². The molecule has 0 aliphatic carbocycles. The summed E-state index contributed by atoms with van der Waals surface area (Å²) in [4.78, 5) is 0. The average molecular weight is 391 g/mol. The summed E-state index contributed by atoms with van der Waals surface area (Å²) >= 11 is 6.69. The highest BCUT2D eigenvalue weighted by molar-refractivity contribution is 9.10. The van der Waals surface area contributed by atoms with E-state index >= 15 is 0 Å². The van der Waals surface area contributed by atoms with Gasteiger partial charge in [0, 0.05) is 10.0 Å². The maximum absolute atomic E-state index is 14.1. The Bertz CT molecular complexity index is 536. The van der Waals surface area contributed by atoms with Gasteiger partial charge in [0.2, 0.25) is 0 Å². The standard InChI is InChI=1S/C14H14Br2FNO/c1-2-8-18-14(11-6-7-12(16)19-11)13-9(15)4-3-5-10(13)17/h3-7,14,18H,2,8H2,1H3. The molecule has 1 N–H and O–H groups in total. The van der Waals surface area contributed by atoms with Crippen LogP contribution in [0.3, 0.4) is 0 Å². The number of benzene rings is 1. The van der Waals surface area contributed by atoms with Crippen LogP contribution in [0, 0.1) is 5.82 Å². The molecule has 1 atom stereocenters. The molecule has 0 fully saturated rings. The van der Waals surface area contributed by atoms with E-state index in [4.69, 9.17) is 4.42 Å². The van der Waals surface area contributed by atoms with Crippen LogP contribution in [-0.4, -0.2) is 6.54 Å². The first-order valence-electron chi connectivity index (χ1n) is 6.06. The van der Waals surface area contributed by atoms with Gasteiger partial charge < -0.3 is 9.73 Å². The fourth-order valence-electron chi connectivity index (χ4n) is 1.90. The highest BCUT2D eigenvalue weighted by atomic mass is 79.9. The molecule has 0 radical (unpaired) electrons. The quantitative estimate of drug-likeness (QED) is 0.774. The molecule has 0 spiro atoms. The van der Waals surface area contributed by atoms with E-state index in [9.17, 15) is 4.39 Å². The van der Waals surface area contributed by atoms with Crippen LogP contribution in [-0.2, 0) is 0 Å². The summed E-state index contributed by atoms with van der Waals surface area (Å²) in [7, 11) is 0. The van der Waals surface area contributed by atoms with Crippen molar-refractivity contribution in [2.45, 2.75) is 19.4 Å². The Hall–Kier alpha value is -0.650. The van der Waals surface area contributed by atoms with Crippen molar-refractivity contribution in [3.05, 3.63) is 56.6 Å². The third kappa shape index (κ3) is 3.46. The maximum Gasteiger partial charge on any atom is 0.169 e. The Kier molecular flexibility index (Phi) is 5.19. The van der Waals surface area contributed by atoms with Gasteiger partial charge in [-0.05, 0) is 53.2 Å². The van der Waals surface area contributed by atoms with Gasteiger partial charge in [0.25, 0.3) is 0 Å². The van der Waals surface area contributed by atoms with Gasteiger partial charge in [-0.1, -0.05) is 28.9 Å². The van der Waals surface area contributed by atoms with Gasteiger partial charge in [0.1, 0.15) is 11.6 Å². The molecule has 2 nitrogen and oxygen atoms in total. The normalized spacial score (nSPS) is 12.6. The minimum Gasteiger partial charge on any atom is -0.452 e. The lowest BCUT2D eigenvalue weighted by Gasteiger charge is -2.18. The number of halogens is 3. The maximum atomic E-state index is 14.1. The lowest BCUT2D eigenvalue weighted by atomic mass is 10.0. The van der Waals surface area contributed by atoms with Crippen LogP contribution in [0.15, 0.2) is 43.9 Å². The Morgan fingerprint density at radius 3 is 2.63 bits per heavy atom. The van der Waals surface area contributed by atoms with Crippen molar-refractivity contribution >= 4 is 31.9 Å². The van der Waals surface area contributed by atoms with E-state index < -0.39 is 0 Å². The number of furan rings is 1. The van der Waals surface area contributed by atoms with Crippen molar-refractivity contribution in [1.82, 2.24) is 5.32 Å². The van der Waals surface area contributed by atoms with E-state index in [0.717, 1.165) is 17.4 Å². The smallest absolute Gasteiger partial charge is 0.169 e. The molecule has 0 aliphatic rings. The third-order valence-electron chi connectivity index (χ3n) is 2.77. The van der Waals surface area contributed by atoms with Crippen molar-refractivity contribution < 1.29 is 8.81 Å². The molecule has 1 unspecified atom stereocenters. The third-order valence-corrected chi connectivity index (χ3v) is 3.88. The zero-order chi connectivity index (χ0) is 13.8. The Morgan fingerprint density at radius 2 is 2.05 bits per heavy atom. The summed E-state index contributed by atoms with van der Waals surface area (Å²) in [5, 5.41) is 3.31. The first-order valence-corrected chi connectivity index (χ1v) is 7.64. The van der Waals surface area contributed by atoms with E-state index in [1.54, 1.807) is 6.07 Å². The van der Waals surface area contributed by atoms with E-state index in [1.165, 1.54) is 6.07 Å². The highest BCUT2D eigenvalue weighted by Crippen LogP contribution is 2.32. The highest BCUT2D eigenvalue weighted by Gasteiger charge is 2.22. The summed E-state index contributed by atoms with van der Waals surface area (Å²) in [5.41, 5.74) is 0.567. The lowest BCUT2D eigenvalue weighted by molar-refractivity contribution is 0.423. The zero-order valence-corrected chi connectivity index (χ0v) is 13.6. The second-order valence-corrected chi connectivity index (χ2v) is 5.80. The van der Waals surface area contributed by atoms with Crippen molar-refractivity contribution in [2.24, 2.45) is 0 Å². The number of hydrogen-bond acceptors (Lipinski definition) is 2. The minimum atomic E-state index is -0.304. The Balaban J connectivity index is 2.42. The van der Waals surface area contributed by atoms with Crippen molar-refractivity contribution in [1.29, 1.82) is 0 Å². The minimum absolute atomic E-state index is 0.254. The summed E-state index contributed by atoms with van der Waals surface area (Å²) in [5.74, 6) is 0.432. The summed E-state index contributed by atoms with van der Waals surface area (Å²) in [6.07, 6.45) is 0.963. The molecular weight excluding hydrogens is 377 g/mol. The number of nitrogens with one attached hydrogen (secondary N) is 1. The molecule has 1 heterocycles. The fourth-order valence-corrected chi connectivity index (χ4v) is 2.79. The molecule has 1 aromatic carbocycles. The Morgan fingerprint density at radius 1 is 1.26 bits per heavy atom. The van der Waals surface area contributed by atoms with E-state index in [1.807, 2.05) is 18.2 Å². The first kappa shape index (κ1) is 14.8. The van der Waals surface area contributed by atoms with Crippen LogP contribution < -0.4 is 5.32 Å². The van der Waals surface area contributed by atoms with Crippen LogP contribution in [0.1, 0.15) is 30.7 Å². The SMILES string of the molecule is CCCNC(c1ccc(Br)o1)c1c(F)cccc1Br. The topological polar surface area (TPSA) is 25.2 Å². The van der Waals surface area contributed by atoms with Crippen molar-refractivity contribution in [3.8, 4) is 0 Å². The molecule has 0 saturated carbocycles. The number of hydrogen-bond donors (Lipinski definition) is 1. The van der Waals surface area contributed by atoms with Gasteiger partial charge in [-0.25, -0.2) is 4.39 Å².